The maximum Gasteiger partial charge on any atom is 0.219 e. The van der Waals surface area contributed by atoms with Gasteiger partial charge in [-0.1, -0.05) is 23.2 Å². The molecule has 18 heavy (non-hydrogen) atoms. The molecule has 0 radical (unpaired) electrons. The van der Waals surface area contributed by atoms with E-state index in [0.29, 0.717) is 27.2 Å². The number of nitrogens with two attached hydrogens (primary N) is 1. The van der Waals surface area contributed by atoms with Gasteiger partial charge in [0.1, 0.15) is 11.6 Å². The van der Waals surface area contributed by atoms with Gasteiger partial charge in [-0.3, -0.25) is 5.41 Å². The first-order valence-corrected chi connectivity index (χ1v) is 5.74. The fourth-order valence-electron chi connectivity index (χ4n) is 1.31. The Bertz CT molecular complexity index is 564. The molecule has 0 aliphatic heterocycles. The maximum atomic E-state index is 7.25. The van der Waals surface area contributed by atoms with Gasteiger partial charge in [-0.15, -0.1) is 0 Å². The summed E-state index contributed by atoms with van der Waals surface area (Å²) in [4.78, 5) is 4.03. The summed E-state index contributed by atoms with van der Waals surface area (Å²) in [6, 6.07) is 8.15. The molecule has 0 aliphatic rings. The molecule has 1 aromatic heterocycles. The lowest BCUT2D eigenvalue weighted by molar-refractivity contribution is 0.463. The van der Waals surface area contributed by atoms with Gasteiger partial charge in [0.2, 0.25) is 5.88 Å². The van der Waals surface area contributed by atoms with Crippen LogP contribution in [0.15, 0.2) is 36.5 Å². The van der Waals surface area contributed by atoms with Crippen LogP contribution in [0.5, 0.6) is 11.6 Å². The average Bonchev–Trinajstić information content (AvgIpc) is 2.28. The number of benzene rings is 1. The molecule has 1 aromatic carbocycles. The van der Waals surface area contributed by atoms with E-state index < -0.39 is 0 Å². The zero-order valence-corrected chi connectivity index (χ0v) is 10.7. The number of aromatic nitrogens is 1. The summed E-state index contributed by atoms with van der Waals surface area (Å²) in [6.07, 6.45) is 1.46. The molecule has 0 saturated carbocycles. The van der Waals surface area contributed by atoms with Crippen molar-refractivity contribution in [3.63, 3.8) is 0 Å². The van der Waals surface area contributed by atoms with Crippen LogP contribution < -0.4 is 10.5 Å². The van der Waals surface area contributed by atoms with Gasteiger partial charge in [-0.25, -0.2) is 4.98 Å². The predicted octanol–water partition coefficient (Wildman–Crippen LogP) is 3.46. The van der Waals surface area contributed by atoms with Crippen LogP contribution in [0.2, 0.25) is 10.0 Å². The summed E-state index contributed by atoms with van der Waals surface area (Å²) >= 11 is 11.7. The third-order valence-corrected chi connectivity index (χ3v) is 2.54. The van der Waals surface area contributed by atoms with Crippen molar-refractivity contribution < 1.29 is 4.74 Å². The third kappa shape index (κ3) is 3.12. The van der Waals surface area contributed by atoms with E-state index in [-0.39, 0.29) is 5.84 Å². The number of hydrogen-bond donors (Lipinski definition) is 2. The summed E-state index contributed by atoms with van der Waals surface area (Å²) in [5.41, 5.74) is 5.86. The van der Waals surface area contributed by atoms with Gasteiger partial charge in [0, 0.05) is 27.9 Å². The normalized spacial score (nSPS) is 10.1. The summed E-state index contributed by atoms with van der Waals surface area (Å²) in [5, 5.41) is 8.21. The van der Waals surface area contributed by atoms with Crippen LogP contribution in [0.3, 0.4) is 0 Å². The van der Waals surface area contributed by atoms with E-state index in [9.17, 15) is 0 Å². The standard InChI is InChI=1S/C12H9Cl2N3O/c13-8-3-9(14)5-10(4-8)18-11-2-1-7(6-17-11)12(15)16/h1-6H,(H3,15,16). The molecular weight excluding hydrogens is 273 g/mol. The number of amidine groups is 1. The minimum atomic E-state index is -0.0418. The van der Waals surface area contributed by atoms with Crippen molar-refractivity contribution in [2.45, 2.75) is 0 Å². The Hall–Kier alpha value is -1.78. The summed E-state index contributed by atoms with van der Waals surface area (Å²) < 4.78 is 5.48. The maximum absolute atomic E-state index is 7.25. The summed E-state index contributed by atoms with van der Waals surface area (Å²) in [7, 11) is 0. The number of ether oxygens (including phenoxy) is 1. The Morgan fingerprint density at radius 2 is 1.83 bits per heavy atom. The first-order valence-electron chi connectivity index (χ1n) is 4.99. The van der Waals surface area contributed by atoms with E-state index in [2.05, 4.69) is 4.98 Å². The predicted molar refractivity (Wildman–Crippen MR) is 71.8 cm³/mol. The molecular formula is C12H9Cl2N3O. The van der Waals surface area contributed by atoms with Crippen LogP contribution >= 0.6 is 23.2 Å². The first-order chi connectivity index (χ1) is 8.54. The van der Waals surface area contributed by atoms with Crippen molar-refractivity contribution in [3.8, 4) is 11.6 Å². The molecule has 0 fully saturated rings. The minimum absolute atomic E-state index is 0.0418. The third-order valence-electron chi connectivity index (χ3n) is 2.11. The number of pyridine rings is 1. The summed E-state index contributed by atoms with van der Waals surface area (Å²) in [5.74, 6) is 0.828. The molecule has 0 saturated heterocycles. The van der Waals surface area contributed by atoms with Gasteiger partial charge >= 0.3 is 0 Å². The molecule has 2 aromatic rings. The van der Waals surface area contributed by atoms with E-state index in [1.807, 2.05) is 0 Å². The molecule has 0 unspecified atom stereocenters. The van der Waals surface area contributed by atoms with Crippen molar-refractivity contribution in [3.05, 3.63) is 52.1 Å². The lowest BCUT2D eigenvalue weighted by Crippen LogP contribution is -2.11. The average molecular weight is 282 g/mol. The van der Waals surface area contributed by atoms with E-state index in [4.69, 9.17) is 39.1 Å². The molecule has 0 spiro atoms. The van der Waals surface area contributed by atoms with Crippen LogP contribution in [-0.4, -0.2) is 10.8 Å². The van der Waals surface area contributed by atoms with Gasteiger partial charge < -0.3 is 10.5 Å². The Kier molecular flexibility index (Phi) is 3.69. The second kappa shape index (κ2) is 5.25. The fraction of sp³-hybridized carbons (Fsp3) is 0. The quantitative estimate of drug-likeness (QED) is 0.668. The Morgan fingerprint density at radius 1 is 1.17 bits per heavy atom. The lowest BCUT2D eigenvalue weighted by Gasteiger charge is -2.06. The monoisotopic (exact) mass is 281 g/mol. The molecule has 0 atom stereocenters. The Labute approximate surface area is 114 Å². The zero-order valence-electron chi connectivity index (χ0n) is 9.15. The lowest BCUT2D eigenvalue weighted by atomic mass is 10.3. The smallest absolute Gasteiger partial charge is 0.219 e. The second-order valence-electron chi connectivity index (χ2n) is 3.51. The van der Waals surface area contributed by atoms with Gasteiger partial charge in [0.25, 0.3) is 0 Å². The zero-order chi connectivity index (χ0) is 13.1. The van der Waals surface area contributed by atoms with E-state index in [0.717, 1.165) is 0 Å². The molecule has 2 rings (SSSR count). The number of halogens is 2. The molecule has 6 heteroatoms. The van der Waals surface area contributed by atoms with E-state index >= 15 is 0 Å². The molecule has 3 N–H and O–H groups in total. The number of hydrogen-bond acceptors (Lipinski definition) is 3. The number of nitrogens with one attached hydrogen (secondary N) is 1. The fourth-order valence-corrected chi connectivity index (χ4v) is 1.81. The highest BCUT2D eigenvalue weighted by Gasteiger charge is 2.03. The minimum Gasteiger partial charge on any atom is -0.439 e. The molecule has 92 valence electrons. The van der Waals surface area contributed by atoms with Crippen LogP contribution in [0.25, 0.3) is 0 Å². The highest BCUT2D eigenvalue weighted by molar-refractivity contribution is 6.34. The van der Waals surface area contributed by atoms with Crippen molar-refractivity contribution in [2.24, 2.45) is 5.73 Å². The highest BCUT2D eigenvalue weighted by atomic mass is 35.5. The molecule has 1 heterocycles. The highest BCUT2D eigenvalue weighted by Crippen LogP contribution is 2.27. The van der Waals surface area contributed by atoms with Gasteiger partial charge in [0.05, 0.1) is 0 Å². The van der Waals surface area contributed by atoms with Crippen LogP contribution in [0.4, 0.5) is 0 Å². The van der Waals surface area contributed by atoms with Crippen molar-refractivity contribution in [1.29, 1.82) is 5.41 Å². The van der Waals surface area contributed by atoms with Crippen LogP contribution in [0, 0.1) is 5.41 Å². The van der Waals surface area contributed by atoms with Gasteiger partial charge in [0.15, 0.2) is 0 Å². The van der Waals surface area contributed by atoms with Crippen LogP contribution in [-0.2, 0) is 0 Å². The number of nitrogens with zero attached hydrogens (tertiary/aromatic N) is 1. The first kappa shape index (κ1) is 12.7. The molecule has 0 amide bonds. The van der Waals surface area contributed by atoms with Crippen LogP contribution in [0.1, 0.15) is 5.56 Å². The second-order valence-corrected chi connectivity index (χ2v) is 4.38. The van der Waals surface area contributed by atoms with Gasteiger partial charge in [-0.05, 0) is 24.3 Å². The summed E-state index contributed by atoms with van der Waals surface area (Å²) in [6.45, 7) is 0. The number of rotatable bonds is 3. The van der Waals surface area contributed by atoms with Crippen molar-refractivity contribution in [1.82, 2.24) is 4.98 Å². The topological polar surface area (TPSA) is 72.0 Å². The Balaban J connectivity index is 2.20. The van der Waals surface area contributed by atoms with Gasteiger partial charge in [-0.2, -0.15) is 0 Å². The number of nitrogen functional groups attached to an aromatic ring is 1. The van der Waals surface area contributed by atoms with Crippen molar-refractivity contribution >= 4 is 29.0 Å². The molecule has 4 nitrogen and oxygen atoms in total. The molecule has 0 bridgehead atoms. The van der Waals surface area contributed by atoms with Crippen molar-refractivity contribution in [2.75, 3.05) is 0 Å². The Morgan fingerprint density at radius 3 is 2.33 bits per heavy atom. The van der Waals surface area contributed by atoms with E-state index in [1.54, 1.807) is 30.3 Å². The SMILES string of the molecule is N=C(N)c1ccc(Oc2cc(Cl)cc(Cl)c2)nc1. The van der Waals surface area contributed by atoms with E-state index in [1.165, 1.54) is 6.20 Å². The molecule has 0 aliphatic carbocycles. The largest absolute Gasteiger partial charge is 0.439 e.